The number of nitrogens with zero attached hydrogens (tertiary/aromatic N) is 2. The maximum atomic E-state index is 11.9. The van der Waals surface area contributed by atoms with Crippen molar-refractivity contribution in [1.29, 1.82) is 0 Å². The number of hydrogen-bond acceptors (Lipinski definition) is 7. The van der Waals surface area contributed by atoms with Gasteiger partial charge in [0.05, 0.1) is 18.8 Å². The average Bonchev–Trinajstić information content (AvgIpc) is 3.46. The standard InChI is InChI=1S/C33H35N3O5S/c1-3-18-39-33(38)35-20-27-6-4-5-7-29(27)24-12-14-26(15-13-24)31-40-28(22-42-32-34-16-17-36(32)2)19-30(41-31)25-10-8-23(21-37)9-11-25/h3-17,28,30-31,37H,1,18-22H2,2H3,(H,35,38)/t28-,30+,31+/m1/s1. The molecule has 1 aromatic heterocycles. The van der Waals surface area contributed by atoms with Crippen molar-refractivity contribution >= 4 is 17.9 Å². The van der Waals surface area contributed by atoms with Crippen molar-refractivity contribution in [1.82, 2.24) is 14.9 Å². The van der Waals surface area contributed by atoms with Crippen LogP contribution in [0.25, 0.3) is 11.1 Å². The van der Waals surface area contributed by atoms with E-state index in [-0.39, 0.29) is 25.4 Å². The summed E-state index contributed by atoms with van der Waals surface area (Å²) < 4.78 is 20.0. The lowest BCUT2D eigenvalue weighted by Gasteiger charge is -2.36. The van der Waals surface area contributed by atoms with Crippen LogP contribution in [-0.2, 0) is 34.4 Å². The second kappa shape index (κ2) is 14.3. The molecule has 1 fully saturated rings. The Balaban J connectivity index is 1.33. The average molecular weight is 586 g/mol. The lowest BCUT2D eigenvalue weighted by Crippen LogP contribution is -2.31. The van der Waals surface area contributed by atoms with Crippen LogP contribution in [0.2, 0.25) is 0 Å². The Bertz CT molecular complexity index is 1470. The van der Waals surface area contributed by atoms with Crippen LogP contribution in [0, 0.1) is 0 Å². The first-order valence-corrected chi connectivity index (χ1v) is 14.8. The summed E-state index contributed by atoms with van der Waals surface area (Å²) >= 11 is 1.67. The summed E-state index contributed by atoms with van der Waals surface area (Å²) in [5, 5.41) is 13.2. The highest BCUT2D eigenvalue weighted by atomic mass is 32.2. The minimum absolute atomic E-state index is 0.00536. The summed E-state index contributed by atoms with van der Waals surface area (Å²) in [6, 6.07) is 24.0. The number of aliphatic hydroxyl groups is 1. The van der Waals surface area contributed by atoms with Crippen molar-refractivity contribution in [2.75, 3.05) is 12.4 Å². The van der Waals surface area contributed by atoms with Gasteiger partial charge in [0.1, 0.15) is 6.61 Å². The van der Waals surface area contributed by atoms with Gasteiger partial charge in [-0.2, -0.15) is 0 Å². The van der Waals surface area contributed by atoms with Crippen molar-refractivity contribution in [2.45, 2.75) is 43.2 Å². The first-order chi connectivity index (χ1) is 20.5. The highest BCUT2D eigenvalue weighted by molar-refractivity contribution is 7.99. The van der Waals surface area contributed by atoms with Crippen molar-refractivity contribution in [3.8, 4) is 11.1 Å². The molecule has 3 atom stereocenters. The summed E-state index contributed by atoms with van der Waals surface area (Å²) in [7, 11) is 1.98. The lowest BCUT2D eigenvalue weighted by molar-refractivity contribution is -0.245. The van der Waals surface area contributed by atoms with E-state index < -0.39 is 12.4 Å². The van der Waals surface area contributed by atoms with Gasteiger partial charge in [-0.3, -0.25) is 0 Å². The third kappa shape index (κ3) is 7.49. The predicted molar refractivity (Wildman–Crippen MR) is 163 cm³/mol. The van der Waals surface area contributed by atoms with Crippen molar-refractivity contribution in [3.05, 3.63) is 120 Å². The minimum Gasteiger partial charge on any atom is -0.445 e. The van der Waals surface area contributed by atoms with Gasteiger partial charge in [0.25, 0.3) is 0 Å². The smallest absolute Gasteiger partial charge is 0.407 e. The van der Waals surface area contributed by atoms with Gasteiger partial charge in [-0.05, 0) is 27.8 Å². The molecular weight excluding hydrogens is 550 g/mol. The number of aliphatic hydroxyl groups excluding tert-OH is 1. The number of alkyl carbamates (subject to hydrolysis) is 1. The summed E-state index contributed by atoms with van der Waals surface area (Å²) in [5.41, 5.74) is 5.85. The van der Waals surface area contributed by atoms with E-state index in [1.54, 1.807) is 18.0 Å². The lowest BCUT2D eigenvalue weighted by atomic mass is 9.98. The van der Waals surface area contributed by atoms with Crippen LogP contribution in [-0.4, -0.2) is 39.2 Å². The predicted octanol–water partition coefficient (Wildman–Crippen LogP) is 6.33. The zero-order valence-corrected chi connectivity index (χ0v) is 24.3. The third-order valence-electron chi connectivity index (χ3n) is 7.06. The Morgan fingerprint density at radius 2 is 1.88 bits per heavy atom. The molecule has 0 aliphatic carbocycles. The first-order valence-electron chi connectivity index (χ1n) is 13.8. The number of carbonyl (C=O) groups is 1. The Kier molecular flexibility index (Phi) is 10.1. The number of nitrogens with one attached hydrogen (secondary N) is 1. The zero-order chi connectivity index (χ0) is 29.3. The van der Waals surface area contributed by atoms with E-state index in [2.05, 4.69) is 16.9 Å². The van der Waals surface area contributed by atoms with E-state index in [9.17, 15) is 9.90 Å². The molecule has 218 valence electrons. The maximum Gasteiger partial charge on any atom is 0.407 e. The molecule has 0 saturated carbocycles. The number of amides is 1. The molecular formula is C33H35N3O5S. The van der Waals surface area contributed by atoms with E-state index in [1.807, 2.05) is 90.6 Å². The van der Waals surface area contributed by atoms with Gasteiger partial charge >= 0.3 is 6.09 Å². The number of carbonyl (C=O) groups excluding carboxylic acids is 1. The minimum atomic E-state index is -0.543. The van der Waals surface area contributed by atoms with Crippen LogP contribution in [0.1, 0.15) is 41.1 Å². The molecule has 8 nitrogen and oxygen atoms in total. The quantitative estimate of drug-likeness (QED) is 0.157. The van der Waals surface area contributed by atoms with Crippen LogP contribution in [0.5, 0.6) is 0 Å². The fourth-order valence-corrected chi connectivity index (χ4v) is 5.76. The molecule has 9 heteroatoms. The molecule has 1 aliphatic heterocycles. The Morgan fingerprint density at radius 3 is 2.60 bits per heavy atom. The molecule has 5 rings (SSSR count). The normalized spacial score (nSPS) is 18.4. The fourth-order valence-electron chi connectivity index (χ4n) is 4.81. The number of hydrogen-bond donors (Lipinski definition) is 2. The number of benzene rings is 3. The van der Waals surface area contributed by atoms with Gasteiger partial charge in [-0.15, -0.1) is 0 Å². The third-order valence-corrected chi connectivity index (χ3v) is 8.25. The number of ether oxygens (including phenoxy) is 3. The monoisotopic (exact) mass is 585 g/mol. The molecule has 0 unspecified atom stereocenters. The largest absolute Gasteiger partial charge is 0.445 e. The molecule has 2 heterocycles. The van der Waals surface area contributed by atoms with E-state index in [1.165, 1.54) is 6.08 Å². The van der Waals surface area contributed by atoms with Gasteiger partial charge in [-0.1, -0.05) is 97.2 Å². The van der Waals surface area contributed by atoms with Crippen molar-refractivity contribution < 1.29 is 24.1 Å². The van der Waals surface area contributed by atoms with E-state index in [0.717, 1.165) is 44.3 Å². The molecule has 1 aliphatic rings. The summed E-state index contributed by atoms with van der Waals surface area (Å²) in [4.78, 5) is 16.4. The molecule has 1 saturated heterocycles. The number of aromatic nitrogens is 2. The maximum absolute atomic E-state index is 11.9. The highest BCUT2D eigenvalue weighted by Crippen LogP contribution is 2.40. The summed E-state index contributed by atoms with van der Waals surface area (Å²) in [5.74, 6) is 0.740. The second-order valence-corrected chi connectivity index (χ2v) is 11.0. The number of rotatable bonds is 11. The van der Waals surface area contributed by atoms with Crippen LogP contribution in [0.4, 0.5) is 4.79 Å². The Morgan fingerprint density at radius 1 is 1.12 bits per heavy atom. The van der Waals surface area contributed by atoms with Crippen molar-refractivity contribution in [3.63, 3.8) is 0 Å². The summed E-state index contributed by atoms with van der Waals surface area (Å²) in [6.45, 7) is 4.07. The summed E-state index contributed by atoms with van der Waals surface area (Å²) in [6.07, 6.45) is 4.74. The fraction of sp³-hybridized carbons (Fsp3) is 0.273. The Hall–Kier alpha value is -3.89. The Labute approximate surface area is 250 Å². The van der Waals surface area contributed by atoms with Gasteiger partial charge in [0.2, 0.25) is 0 Å². The number of imidazole rings is 1. The topological polar surface area (TPSA) is 94.8 Å². The van der Waals surface area contributed by atoms with Gasteiger partial charge in [-0.25, -0.2) is 9.78 Å². The first kappa shape index (κ1) is 29.6. The van der Waals surface area contributed by atoms with Crippen molar-refractivity contribution in [2.24, 2.45) is 7.05 Å². The molecule has 2 N–H and O–H groups in total. The van der Waals surface area contributed by atoms with E-state index in [4.69, 9.17) is 14.2 Å². The van der Waals surface area contributed by atoms with Gasteiger partial charge in [0, 0.05) is 43.7 Å². The van der Waals surface area contributed by atoms with Gasteiger partial charge < -0.3 is 29.2 Å². The van der Waals surface area contributed by atoms with E-state index >= 15 is 0 Å². The molecule has 0 bridgehead atoms. The molecule has 1 amide bonds. The van der Waals surface area contributed by atoms with Crippen LogP contribution >= 0.6 is 11.8 Å². The van der Waals surface area contributed by atoms with Gasteiger partial charge in [0.15, 0.2) is 11.4 Å². The molecule has 0 spiro atoms. The molecule has 42 heavy (non-hydrogen) atoms. The number of thioether (sulfide) groups is 1. The SMILES string of the molecule is C=CCOC(=O)NCc1ccccc1-c1ccc([C@H]2O[C@@H](CSc3nccn3C)C[C@@H](c3ccc(CO)cc3)O2)cc1. The van der Waals surface area contributed by atoms with E-state index in [0.29, 0.717) is 13.0 Å². The molecule has 4 aromatic rings. The zero-order valence-electron chi connectivity index (χ0n) is 23.5. The van der Waals surface area contributed by atoms with Crippen LogP contribution in [0.3, 0.4) is 0 Å². The molecule has 3 aromatic carbocycles. The van der Waals surface area contributed by atoms with Crippen LogP contribution < -0.4 is 5.32 Å². The highest BCUT2D eigenvalue weighted by Gasteiger charge is 2.32. The van der Waals surface area contributed by atoms with Crippen LogP contribution in [0.15, 0.2) is 103 Å². The molecule has 0 radical (unpaired) electrons. The second-order valence-electron chi connectivity index (χ2n) is 10.0. The number of aryl methyl sites for hydroxylation is 1.